The molecule has 2 aromatic heterocycles. The van der Waals surface area contributed by atoms with Crippen molar-refractivity contribution < 1.29 is 4.74 Å². The van der Waals surface area contributed by atoms with E-state index in [2.05, 4.69) is 84.4 Å². The Bertz CT molecular complexity index is 1240. The first kappa shape index (κ1) is 19.9. The number of benzene rings is 2. The van der Waals surface area contributed by atoms with Gasteiger partial charge >= 0.3 is 0 Å². The number of aromatic nitrogens is 3. The van der Waals surface area contributed by atoms with Crippen LogP contribution in [0, 0.1) is 13.8 Å². The predicted octanol–water partition coefficient (Wildman–Crippen LogP) is 5.16. The van der Waals surface area contributed by atoms with Crippen LogP contribution in [-0.4, -0.2) is 33.3 Å². The van der Waals surface area contributed by atoms with Crippen LogP contribution in [0.2, 0.25) is 0 Å². The van der Waals surface area contributed by atoms with Crippen LogP contribution in [-0.2, 0) is 19.5 Å². The molecule has 0 unspecified atom stereocenters. The number of fused-ring (bicyclic) bond motifs is 3. The second-order valence-corrected chi connectivity index (χ2v) is 8.51. The molecular weight excluding hydrogens is 384 g/mol. The van der Waals surface area contributed by atoms with Crippen LogP contribution in [0.1, 0.15) is 46.6 Å². The van der Waals surface area contributed by atoms with E-state index in [0.29, 0.717) is 0 Å². The molecule has 0 saturated heterocycles. The Hall–Kier alpha value is -3.05. The molecule has 0 spiro atoms. The van der Waals surface area contributed by atoms with E-state index in [1.54, 1.807) is 7.11 Å². The van der Waals surface area contributed by atoms with Crippen LogP contribution in [0.5, 0.6) is 5.75 Å². The highest BCUT2D eigenvalue weighted by atomic mass is 16.5. The van der Waals surface area contributed by atoms with Gasteiger partial charge in [0.2, 0.25) is 0 Å². The Balaban J connectivity index is 1.62. The van der Waals surface area contributed by atoms with E-state index >= 15 is 0 Å². The molecule has 0 bridgehead atoms. The SMILES string of the molecule is CCn1cc(CN2CCc3c([nH]c4ccccc34)[C@@H]2c2ccc(OC)c(C)c2)c(C)n1. The molecule has 31 heavy (non-hydrogen) atoms. The summed E-state index contributed by atoms with van der Waals surface area (Å²) >= 11 is 0. The maximum absolute atomic E-state index is 5.53. The van der Waals surface area contributed by atoms with Gasteiger partial charge < -0.3 is 9.72 Å². The number of hydrogen-bond acceptors (Lipinski definition) is 3. The number of hydrogen-bond donors (Lipinski definition) is 1. The fraction of sp³-hybridized carbons (Fsp3) is 0.346. The summed E-state index contributed by atoms with van der Waals surface area (Å²) in [6, 6.07) is 15.4. The smallest absolute Gasteiger partial charge is 0.121 e. The first-order chi connectivity index (χ1) is 15.1. The average Bonchev–Trinajstić information content (AvgIpc) is 3.33. The van der Waals surface area contributed by atoms with E-state index in [1.807, 2.05) is 4.68 Å². The summed E-state index contributed by atoms with van der Waals surface area (Å²) in [5.74, 6) is 0.933. The van der Waals surface area contributed by atoms with Crippen molar-refractivity contribution in [3.05, 3.63) is 82.3 Å². The minimum atomic E-state index is 0.171. The van der Waals surface area contributed by atoms with Crippen molar-refractivity contribution in [2.75, 3.05) is 13.7 Å². The molecule has 1 aliphatic rings. The summed E-state index contributed by atoms with van der Waals surface area (Å²) in [5, 5.41) is 6.02. The summed E-state index contributed by atoms with van der Waals surface area (Å²) in [5.41, 5.74) is 8.87. The number of nitrogens with zero attached hydrogens (tertiary/aromatic N) is 3. The van der Waals surface area contributed by atoms with Gasteiger partial charge in [0.25, 0.3) is 0 Å². The molecule has 1 atom stereocenters. The minimum Gasteiger partial charge on any atom is -0.496 e. The maximum Gasteiger partial charge on any atom is 0.121 e. The second kappa shape index (κ2) is 7.89. The zero-order valence-corrected chi connectivity index (χ0v) is 18.8. The van der Waals surface area contributed by atoms with E-state index in [0.717, 1.165) is 43.1 Å². The van der Waals surface area contributed by atoms with Gasteiger partial charge in [0.05, 0.1) is 18.8 Å². The highest BCUT2D eigenvalue weighted by molar-refractivity contribution is 5.85. The van der Waals surface area contributed by atoms with Gasteiger partial charge in [-0.3, -0.25) is 9.58 Å². The van der Waals surface area contributed by atoms with Crippen LogP contribution < -0.4 is 4.74 Å². The lowest BCUT2D eigenvalue weighted by atomic mass is 9.91. The number of ether oxygens (including phenoxy) is 1. The van der Waals surface area contributed by atoms with Crippen molar-refractivity contribution >= 4 is 10.9 Å². The number of para-hydroxylation sites is 1. The summed E-state index contributed by atoms with van der Waals surface area (Å²) in [7, 11) is 1.74. The van der Waals surface area contributed by atoms with Crippen molar-refractivity contribution in [1.29, 1.82) is 0 Å². The molecule has 1 aliphatic heterocycles. The third-order valence-electron chi connectivity index (χ3n) is 6.61. The molecule has 5 rings (SSSR count). The van der Waals surface area contributed by atoms with Crippen molar-refractivity contribution in [1.82, 2.24) is 19.7 Å². The Morgan fingerprint density at radius 1 is 1.16 bits per heavy atom. The van der Waals surface area contributed by atoms with Crippen molar-refractivity contribution in [2.45, 2.75) is 46.3 Å². The second-order valence-electron chi connectivity index (χ2n) is 8.51. The standard InChI is InChI=1S/C26H30N4O/c1-5-30-16-20(18(3)28-30)15-29-13-12-22-21-8-6-7-9-23(21)27-25(22)26(29)19-10-11-24(31-4)17(2)14-19/h6-11,14,16,26-27H,5,12-13,15H2,1-4H3/t26-/m0/s1. The molecule has 160 valence electrons. The van der Waals surface area contributed by atoms with Crippen LogP contribution >= 0.6 is 0 Å². The van der Waals surface area contributed by atoms with Crippen molar-refractivity contribution in [3.63, 3.8) is 0 Å². The molecule has 5 heteroatoms. The van der Waals surface area contributed by atoms with E-state index < -0.39 is 0 Å². The zero-order chi connectivity index (χ0) is 21.5. The first-order valence-corrected chi connectivity index (χ1v) is 11.1. The van der Waals surface area contributed by atoms with Crippen LogP contribution in [0.15, 0.2) is 48.7 Å². The molecule has 0 amide bonds. The molecule has 0 aliphatic carbocycles. The van der Waals surface area contributed by atoms with E-state index in [1.165, 1.54) is 33.3 Å². The van der Waals surface area contributed by atoms with Crippen molar-refractivity contribution in [3.8, 4) is 5.75 Å². The highest BCUT2D eigenvalue weighted by Crippen LogP contribution is 2.40. The van der Waals surface area contributed by atoms with Gasteiger partial charge in [-0.05, 0) is 56.0 Å². The molecule has 4 aromatic rings. The lowest BCUT2D eigenvalue weighted by Gasteiger charge is -2.36. The lowest BCUT2D eigenvalue weighted by molar-refractivity contribution is 0.201. The van der Waals surface area contributed by atoms with Gasteiger partial charge in [0, 0.05) is 48.0 Å². The Morgan fingerprint density at radius 2 is 2.00 bits per heavy atom. The Labute approximate surface area is 183 Å². The number of rotatable bonds is 5. The zero-order valence-electron chi connectivity index (χ0n) is 18.8. The van der Waals surface area contributed by atoms with Gasteiger partial charge in [-0.1, -0.05) is 30.3 Å². The van der Waals surface area contributed by atoms with Gasteiger partial charge in [0.15, 0.2) is 0 Å². The first-order valence-electron chi connectivity index (χ1n) is 11.1. The van der Waals surface area contributed by atoms with E-state index in [-0.39, 0.29) is 6.04 Å². The number of aryl methyl sites for hydroxylation is 3. The molecule has 0 radical (unpaired) electrons. The lowest BCUT2D eigenvalue weighted by Crippen LogP contribution is -2.35. The van der Waals surface area contributed by atoms with Crippen molar-refractivity contribution in [2.24, 2.45) is 0 Å². The van der Waals surface area contributed by atoms with Gasteiger partial charge in [-0.15, -0.1) is 0 Å². The highest BCUT2D eigenvalue weighted by Gasteiger charge is 2.32. The minimum absolute atomic E-state index is 0.171. The van der Waals surface area contributed by atoms with Gasteiger partial charge in [0.1, 0.15) is 5.75 Å². The molecular formula is C26H30N4O. The number of methoxy groups -OCH3 is 1. The van der Waals surface area contributed by atoms with E-state index in [4.69, 9.17) is 4.74 Å². The number of nitrogens with one attached hydrogen (secondary N) is 1. The number of H-pyrrole nitrogens is 1. The van der Waals surface area contributed by atoms with E-state index in [9.17, 15) is 0 Å². The van der Waals surface area contributed by atoms with Crippen LogP contribution in [0.4, 0.5) is 0 Å². The number of aromatic amines is 1. The maximum atomic E-state index is 5.53. The third kappa shape index (κ3) is 3.43. The fourth-order valence-corrected chi connectivity index (χ4v) is 5.01. The largest absolute Gasteiger partial charge is 0.496 e. The Morgan fingerprint density at radius 3 is 2.74 bits per heavy atom. The quantitative estimate of drug-likeness (QED) is 0.491. The summed E-state index contributed by atoms with van der Waals surface area (Å²) in [6.45, 7) is 9.17. The summed E-state index contributed by atoms with van der Waals surface area (Å²) in [4.78, 5) is 6.35. The Kier molecular flexibility index (Phi) is 5.06. The topological polar surface area (TPSA) is 46.1 Å². The van der Waals surface area contributed by atoms with Gasteiger partial charge in [-0.2, -0.15) is 5.10 Å². The molecule has 0 saturated carbocycles. The molecule has 0 fully saturated rings. The van der Waals surface area contributed by atoms with Crippen LogP contribution in [0.25, 0.3) is 10.9 Å². The summed E-state index contributed by atoms with van der Waals surface area (Å²) < 4.78 is 7.56. The molecule has 2 aromatic carbocycles. The third-order valence-corrected chi connectivity index (χ3v) is 6.61. The normalized spacial score (nSPS) is 16.6. The molecule has 3 heterocycles. The average molecular weight is 415 g/mol. The predicted molar refractivity (Wildman–Crippen MR) is 125 cm³/mol. The molecule has 5 nitrogen and oxygen atoms in total. The van der Waals surface area contributed by atoms with Crippen LogP contribution in [0.3, 0.4) is 0 Å². The summed E-state index contributed by atoms with van der Waals surface area (Å²) in [6.07, 6.45) is 3.25. The molecule has 1 N–H and O–H groups in total. The fourth-order valence-electron chi connectivity index (χ4n) is 5.01. The van der Waals surface area contributed by atoms with Gasteiger partial charge in [-0.25, -0.2) is 0 Å². The monoisotopic (exact) mass is 414 g/mol.